The highest BCUT2D eigenvalue weighted by Gasteiger charge is 2.18. The largest absolute Gasteiger partial charge is 0.394 e. The van der Waals surface area contributed by atoms with E-state index in [1.807, 2.05) is 0 Å². The first kappa shape index (κ1) is 13.0. The fraction of sp³-hybridized carbons (Fsp3) is 0.333. The third-order valence-corrected chi connectivity index (χ3v) is 2.63. The van der Waals surface area contributed by atoms with Gasteiger partial charge < -0.3 is 10.4 Å². The standard InChI is InChI=1S/C9H10Cl2N2O3/c1-5(4-14)12-8-2-6(10)7(11)3-9(8)13(15)16/h2-3,5,12,14H,4H2,1H3. The van der Waals surface area contributed by atoms with Crippen molar-refractivity contribution in [1.82, 2.24) is 0 Å². The van der Waals surface area contributed by atoms with E-state index in [1.54, 1.807) is 6.92 Å². The van der Waals surface area contributed by atoms with E-state index in [9.17, 15) is 10.1 Å². The lowest BCUT2D eigenvalue weighted by molar-refractivity contribution is -0.384. The summed E-state index contributed by atoms with van der Waals surface area (Å²) in [6, 6.07) is 2.24. The molecule has 0 aliphatic rings. The number of nitro benzene ring substituents is 1. The van der Waals surface area contributed by atoms with Gasteiger partial charge in [-0.1, -0.05) is 23.2 Å². The normalized spacial score (nSPS) is 12.2. The Bertz CT molecular complexity index is 412. The van der Waals surface area contributed by atoms with Gasteiger partial charge in [-0.25, -0.2) is 0 Å². The molecule has 1 aromatic rings. The highest BCUT2D eigenvalue weighted by molar-refractivity contribution is 6.42. The maximum atomic E-state index is 10.8. The van der Waals surface area contributed by atoms with Crippen molar-refractivity contribution in [2.24, 2.45) is 0 Å². The van der Waals surface area contributed by atoms with Gasteiger partial charge in [0.15, 0.2) is 0 Å². The third-order valence-electron chi connectivity index (χ3n) is 1.91. The first-order chi connectivity index (χ1) is 7.45. The predicted molar refractivity (Wildman–Crippen MR) is 63.3 cm³/mol. The lowest BCUT2D eigenvalue weighted by Crippen LogP contribution is -2.19. The summed E-state index contributed by atoms with van der Waals surface area (Å²) in [7, 11) is 0. The molecule has 1 rings (SSSR count). The number of hydrogen-bond acceptors (Lipinski definition) is 4. The number of nitrogens with zero attached hydrogens (tertiary/aromatic N) is 1. The van der Waals surface area contributed by atoms with Crippen LogP contribution in [0.5, 0.6) is 0 Å². The predicted octanol–water partition coefficient (Wildman–Crippen LogP) is 2.69. The Morgan fingerprint density at radius 1 is 1.50 bits per heavy atom. The van der Waals surface area contributed by atoms with E-state index in [-0.39, 0.29) is 34.1 Å². The Hall–Kier alpha value is -1.04. The molecule has 0 saturated heterocycles. The fourth-order valence-corrected chi connectivity index (χ4v) is 1.44. The van der Waals surface area contributed by atoms with Crippen molar-refractivity contribution in [3.8, 4) is 0 Å². The van der Waals surface area contributed by atoms with E-state index in [1.165, 1.54) is 12.1 Å². The molecule has 7 heteroatoms. The van der Waals surface area contributed by atoms with Gasteiger partial charge in [-0.2, -0.15) is 0 Å². The van der Waals surface area contributed by atoms with Crippen LogP contribution in [0.2, 0.25) is 10.0 Å². The summed E-state index contributed by atoms with van der Waals surface area (Å²) < 4.78 is 0. The molecule has 1 atom stereocenters. The highest BCUT2D eigenvalue weighted by Crippen LogP contribution is 2.34. The average molecular weight is 265 g/mol. The van der Waals surface area contributed by atoms with Crippen LogP contribution in [0.15, 0.2) is 12.1 Å². The van der Waals surface area contributed by atoms with Gasteiger partial charge in [0.2, 0.25) is 0 Å². The van der Waals surface area contributed by atoms with E-state index in [4.69, 9.17) is 28.3 Å². The van der Waals surface area contributed by atoms with E-state index in [2.05, 4.69) is 5.32 Å². The zero-order valence-corrected chi connectivity index (χ0v) is 9.92. The van der Waals surface area contributed by atoms with Gasteiger partial charge in [-0.15, -0.1) is 0 Å². The second-order valence-electron chi connectivity index (χ2n) is 3.27. The third kappa shape index (κ3) is 2.98. The summed E-state index contributed by atoms with van der Waals surface area (Å²) in [5.74, 6) is 0. The van der Waals surface area contributed by atoms with E-state index >= 15 is 0 Å². The Morgan fingerprint density at radius 3 is 2.56 bits per heavy atom. The Labute approximate surface area is 102 Å². The number of rotatable bonds is 4. The monoisotopic (exact) mass is 264 g/mol. The van der Waals surface area contributed by atoms with Crippen molar-refractivity contribution in [1.29, 1.82) is 0 Å². The number of hydrogen-bond donors (Lipinski definition) is 2. The Balaban J connectivity index is 3.14. The molecule has 5 nitrogen and oxygen atoms in total. The van der Waals surface area contributed by atoms with E-state index < -0.39 is 4.92 Å². The summed E-state index contributed by atoms with van der Waals surface area (Å²) in [5, 5.41) is 22.7. The Kier molecular flexibility index (Phi) is 4.35. The summed E-state index contributed by atoms with van der Waals surface area (Å²) in [6.45, 7) is 1.55. The molecule has 0 amide bonds. The molecular formula is C9H10Cl2N2O3. The first-order valence-electron chi connectivity index (χ1n) is 4.46. The van der Waals surface area contributed by atoms with Crippen LogP contribution in [-0.4, -0.2) is 22.7 Å². The molecule has 0 aliphatic heterocycles. The SMILES string of the molecule is CC(CO)Nc1cc(Cl)c(Cl)cc1[N+](=O)[O-]. The second-order valence-corrected chi connectivity index (χ2v) is 4.08. The van der Waals surface area contributed by atoms with Gasteiger partial charge in [0.25, 0.3) is 5.69 Å². The summed E-state index contributed by atoms with van der Waals surface area (Å²) >= 11 is 11.4. The lowest BCUT2D eigenvalue weighted by atomic mass is 10.2. The number of halogens is 2. The van der Waals surface area contributed by atoms with Gasteiger partial charge in [-0.3, -0.25) is 10.1 Å². The van der Waals surface area contributed by atoms with Gasteiger partial charge in [0, 0.05) is 12.1 Å². The van der Waals surface area contributed by atoms with Crippen LogP contribution in [0.4, 0.5) is 11.4 Å². The van der Waals surface area contributed by atoms with Crippen molar-refractivity contribution < 1.29 is 10.0 Å². The van der Waals surface area contributed by atoms with Crippen LogP contribution in [-0.2, 0) is 0 Å². The minimum Gasteiger partial charge on any atom is -0.394 e. The molecule has 1 aromatic carbocycles. The van der Waals surface area contributed by atoms with Crippen LogP contribution in [0.25, 0.3) is 0 Å². The number of nitro groups is 1. The summed E-state index contributed by atoms with van der Waals surface area (Å²) in [6.07, 6.45) is 0. The quantitative estimate of drug-likeness (QED) is 0.648. The average Bonchev–Trinajstić information content (AvgIpc) is 2.22. The maximum absolute atomic E-state index is 10.8. The number of anilines is 1. The van der Waals surface area contributed by atoms with Crippen molar-refractivity contribution in [3.05, 3.63) is 32.3 Å². The number of benzene rings is 1. The molecule has 1 unspecified atom stereocenters. The molecule has 0 fully saturated rings. The van der Waals surface area contributed by atoms with Crippen molar-refractivity contribution in [3.63, 3.8) is 0 Å². The Morgan fingerprint density at radius 2 is 2.06 bits per heavy atom. The minimum atomic E-state index is -0.561. The van der Waals surface area contributed by atoms with Crippen LogP contribution >= 0.6 is 23.2 Å². The molecule has 0 aromatic heterocycles. The number of nitrogens with one attached hydrogen (secondary N) is 1. The van der Waals surface area contributed by atoms with Crippen molar-refractivity contribution in [2.45, 2.75) is 13.0 Å². The highest BCUT2D eigenvalue weighted by atomic mass is 35.5. The molecule has 0 bridgehead atoms. The van der Waals surface area contributed by atoms with Crippen LogP contribution in [0.3, 0.4) is 0 Å². The molecule has 0 aliphatic carbocycles. The molecule has 0 spiro atoms. The molecule has 0 saturated carbocycles. The molecule has 2 N–H and O–H groups in total. The van der Waals surface area contributed by atoms with Crippen LogP contribution in [0, 0.1) is 10.1 Å². The van der Waals surface area contributed by atoms with Crippen molar-refractivity contribution in [2.75, 3.05) is 11.9 Å². The zero-order valence-electron chi connectivity index (χ0n) is 8.41. The summed E-state index contributed by atoms with van der Waals surface area (Å²) in [4.78, 5) is 10.2. The van der Waals surface area contributed by atoms with Gasteiger partial charge in [-0.05, 0) is 13.0 Å². The van der Waals surface area contributed by atoms with E-state index in [0.717, 1.165) is 0 Å². The maximum Gasteiger partial charge on any atom is 0.293 e. The summed E-state index contributed by atoms with van der Waals surface area (Å²) in [5.41, 5.74) is 0.0654. The molecular weight excluding hydrogens is 255 g/mol. The van der Waals surface area contributed by atoms with Gasteiger partial charge in [0.1, 0.15) is 5.69 Å². The number of aliphatic hydroxyl groups is 1. The van der Waals surface area contributed by atoms with Gasteiger partial charge >= 0.3 is 0 Å². The second kappa shape index (κ2) is 5.34. The molecule has 16 heavy (non-hydrogen) atoms. The fourth-order valence-electron chi connectivity index (χ4n) is 1.11. The van der Waals surface area contributed by atoms with Gasteiger partial charge in [0.05, 0.1) is 21.6 Å². The zero-order chi connectivity index (χ0) is 12.3. The van der Waals surface area contributed by atoms with E-state index in [0.29, 0.717) is 0 Å². The first-order valence-corrected chi connectivity index (χ1v) is 5.22. The molecule has 88 valence electrons. The molecule has 0 heterocycles. The smallest absolute Gasteiger partial charge is 0.293 e. The minimum absolute atomic E-state index is 0.121. The van der Waals surface area contributed by atoms with Crippen LogP contribution < -0.4 is 5.32 Å². The topological polar surface area (TPSA) is 75.4 Å². The lowest BCUT2D eigenvalue weighted by Gasteiger charge is -2.13. The molecule has 0 radical (unpaired) electrons. The number of aliphatic hydroxyl groups excluding tert-OH is 1. The van der Waals surface area contributed by atoms with Crippen LogP contribution in [0.1, 0.15) is 6.92 Å². The van der Waals surface area contributed by atoms with Crippen molar-refractivity contribution >= 4 is 34.6 Å².